The lowest BCUT2D eigenvalue weighted by Crippen LogP contribution is -2.47. The van der Waals surface area contributed by atoms with E-state index in [1.165, 1.54) is 25.7 Å². The van der Waals surface area contributed by atoms with Gasteiger partial charge < -0.3 is 15.1 Å². The van der Waals surface area contributed by atoms with Crippen molar-refractivity contribution in [3.63, 3.8) is 0 Å². The second-order valence-electron chi connectivity index (χ2n) is 7.60. The molecule has 2 heterocycles. The maximum atomic E-state index is 12.4. The molecule has 0 aromatic heterocycles. The zero-order valence-electron chi connectivity index (χ0n) is 14.4. The number of likely N-dealkylation sites (tertiary alicyclic amines) is 1. The first-order valence-corrected chi connectivity index (χ1v) is 9.06. The number of carbonyl (C=O) groups excluding carboxylic acids is 1. The van der Waals surface area contributed by atoms with E-state index in [0.29, 0.717) is 18.1 Å². The molecule has 1 saturated carbocycles. The van der Waals surface area contributed by atoms with Gasteiger partial charge in [-0.3, -0.25) is 4.90 Å². The molecule has 1 aliphatic carbocycles. The number of amides is 2. The lowest BCUT2D eigenvalue weighted by molar-refractivity contribution is 0.147. The van der Waals surface area contributed by atoms with Gasteiger partial charge in [-0.05, 0) is 53.0 Å². The van der Waals surface area contributed by atoms with Gasteiger partial charge in [-0.25, -0.2) is 4.79 Å². The van der Waals surface area contributed by atoms with Crippen LogP contribution in [-0.2, 0) is 0 Å². The predicted octanol–water partition coefficient (Wildman–Crippen LogP) is 1.74. The van der Waals surface area contributed by atoms with Gasteiger partial charge in [0.05, 0.1) is 0 Å². The second-order valence-corrected chi connectivity index (χ2v) is 7.60. The van der Waals surface area contributed by atoms with Crippen molar-refractivity contribution in [2.75, 3.05) is 33.2 Å². The lowest BCUT2D eigenvalue weighted by Gasteiger charge is -2.32. The average molecular weight is 308 g/mol. The summed E-state index contributed by atoms with van der Waals surface area (Å²) < 4.78 is 0. The second kappa shape index (κ2) is 6.75. The summed E-state index contributed by atoms with van der Waals surface area (Å²) in [5.74, 6) is 0. The fraction of sp³-hybridized carbons (Fsp3) is 0.941. The largest absolute Gasteiger partial charge is 0.337 e. The molecule has 0 aromatic rings. The third-order valence-electron chi connectivity index (χ3n) is 5.63. The maximum absolute atomic E-state index is 12.4. The van der Waals surface area contributed by atoms with Crippen LogP contribution in [0.3, 0.4) is 0 Å². The third-order valence-corrected chi connectivity index (χ3v) is 5.63. The van der Waals surface area contributed by atoms with Crippen LogP contribution in [-0.4, -0.2) is 78.1 Å². The molecule has 1 N–H and O–H groups in total. The predicted molar refractivity (Wildman–Crippen MR) is 89.0 cm³/mol. The number of hydrogen-bond acceptors (Lipinski definition) is 3. The molecule has 2 unspecified atom stereocenters. The molecule has 22 heavy (non-hydrogen) atoms. The van der Waals surface area contributed by atoms with Crippen molar-refractivity contribution in [2.45, 2.75) is 70.1 Å². The summed E-state index contributed by atoms with van der Waals surface area (Å²) in [6, 6.07) is 2.75. The molecule has 0 spiro atoms. The van der Waals surface area contributed by atoms with Crippen LogP contribution in [0.15, 0.2) is 0 Å². The smallest absolute Gasteiger partial charge is 0.317 e. The first kappa shape index (κ1) is 16.1. The highest BCUT2D eigenvalue weighted by molar-refractivity contribution is 5.74. The Morgan fingerprint density at radius 1 is 1.18 bits per heavy atom. The van der Waals surface area contributed by atoms with Crippen LogP contribution in [0.25, 0.3) is 0 Å². The van der Waals surface area contributed by atoms with E-state index in [1.54, 1.807) is 0 Å². The molecule has 3 fully saturated rings. The van der Waals surface area contributed by atoms with Crippen LogP contribution in [0.5, 0.6) is 0 Å². The molecule has 0 radical (unpaired) electrons. The van der Waals surface area contributed by atoms with Crippen molar-refractivity contribution in [3.05, 3.63) is 0 Å². The molecule has 2 aliphatic heterocycles. The van der Waals surface area contributed by atoms with Crippen LogP contribution >= 0.6 is 0 Å². The van der Waals surface area contributed by atoms with E-state index in [-0.39, 0.29) is 6.03 Å². The molecule has 3 rings (SSSR count). The molecule has 5 heteroatoms. The molecule has 2 bridgehead atoms. The van der Waals surface area contributed by atoms with Crippen molar-refractivity contribution >= 4 is 6.03 Å². The van der Waals surface area contributed by atoms with Crippen LogP contribution in [0.2, 0.25) is 0 Å². The van der Waals surface area contributed by atoms with E-state index in [0.717, 1.165) is 38.6 Å². The number of nitrogens with one attached hydrogen (secondary N) is 1. The first-order chi connectivity index (χ1) is 10.6. The van der Waals surface area contributed by atoms with Gasteiger partial charge in [0.15, 0.2) is 0 Å². The van der Waals surface area contributed by atoms with Gasteiger partial charge in [0.1, 0.15) is 0 Å². The maximum Gasteiger partial charge on any atom is 0.317 e. The van der Waals surface area contributed by atoms with E-state index in [1.807, 2.05) is 0 Å². The van der Waals surface area contributed by atoms with Crippen LogP contribution in [0.4, 0.5) is 4.79 Å². The number of rotatable bonds is 5. The Morgan fingerprint density at radius 2 is 1.91 bits per heavy atom. The molecule has 2 amide bonds. The number of likely N-dealkylation sites (N-methyl/N-ethyl adjacent to an activating group) is 1. The van der Waals surface area contributed by atoms with Gasteiger partial charge in [-0.1, -0.05) is 0 Å². The van der Waals surface area contributed by atoms with Gasteiger partial charge in [-0.15, -0.1) is 0 Å². The van der Waals surface area contributed by atoms with Crippen LogP contribution < -0.4 is 5.32 Å². The molecular weight excluding hydrogens is 276 g/mol. The quantitative estimate of drug-likeness (QED) is 0.841. The minimum atomic E-state index is 0.139. The summed E-state index contributed by atoms with van der Waals surface area (Å²) >= 11 is 0. The van der Waals surface area contributed by atoms with Crippen molar-refractivity contribution in [3.8, 4) is 0 Å². The third kappa shape index (κ3) is 3.57. The van der Waals surface area contributed by atoms with Crippen molar-refractivity contribution in [1.82, 2.24) is 20.0 Å². The number of nitrogens with zero attached hydrogens (tertiary/aromatic N) is 3. The molecule has 2 saturated heterocycles. The Bertz CT molecular complexity index is 396. The van der Waals surface area contributed by atoms with E-state index >= 15 is 0 Å². The summed E-state index contributed by atoms with van der Waals surface area (Å²) in [5.41, 5.74) is 0. The highest BCUT2D eigenvalue weighted by Crippen LogP contribution is 2.32. The molecular formula is C17H32N4O. The summed E-state index contributed by atoms with van der Waals surface area (Å²) in [7, 11) is 2.16. The highest BCUT2D eigenvalue weighted by Gasteiger charge is 2.39. The fourth-order valence-electron chi connectivity index (χ4n) is 4.29. The standard InChI is InChI=1S/C17H32N4O/c1-13(2)21-15-6-7-16(21)12-20(10-8-15)17(22)18-9-11-19(3)14-4-5-14/h13-16H,4-12H2,1-3H3,(H,18,22). The van der Waals surface area contributed by atoms with Gasteiger partial charge in [0.25, 0.3) is 0 Å². The molecule has 2 atom stereocenters. The fourth-order valence-corrected chi connectivity index (χ4v) is 4.29. The van der Waals surface area contributed by atoms with Gasteiger partial charge in [0, 0.05) is 50.3 Å². The highest BCUT2D eigenvalue weighted by atomic mass is 16.2. The van der Waals surface area contributed by atoms with E-state index in [4.69, 9.17) is 0 Å². The minimum Gasteiger partial charge on any atom is -0.337 e. The Morgan fingerprint density at radius 3 is 2.59 bits per heavy atom. The van der Waals surface area contributed by atoms with E-state index in [9.17, 15) is 4.79 Å². The molecule has 3 aliphatic rings. The van der Waals surface area contributed by atoms with Gasteiger partial charge in [0.2, 0.25) is 0 Å². The summed E-state index contributed by atoms with van der Waals surface area (Å²) in [5, 5.41) is 3.12. The van der Waals surface area contributed by atoms with E-state index < -0.39 is 0 Å². The topological polar surface area (TPSA) is 38.8 Å². The van der Waals surface area contributed by atoms with Gasteiger partial charge >= 0.3 is 6.03 Å². The number of carbonyl (C=O) groups is 1. The van der Waals surface area contributed by atoms with E-state index in [2.05, 4.69) is 40.9 Å². The minimum absolute atomic E-state index is 0.139. The normalized spacial score (nSPS) is 29.2. The summed E-state index contributed by atoms with van der Waals surface area (Å²) in [6.07, 6.45) is 6.33. The summed E-state index contributed by atoms with van der Waals surface area (Å²) in [4.78, 5) is 19.5. The zero-order valence-corrected chi connectivity index (χ0v) is 14.4. The zero-order chi connectivity index (χ0) is 15.7. The average Bonchev–Trinajstić information content (AvgIpc) is 3.23. The Labute approximate surface area is 135 Å². The lowest BCUT2D eigenvalue weighted by atomic mass is 10.1. The molecule has 5 nitrogen and oxygen atoms in total. The first-order valence-electron chi connectivity index (χ1n) is 9.06. The SMILES string of the molecule is CC(C)N1C2CCC1CN(C(=O)NCCN(C)C1CC1)CC2. The van der Waals surface area contributed by atoms with Gasteiger partial charge in [-0.2, -0.15) is 0 Å². The van der Waals surface area contributed by atoms with Crippen molar-refractivity contribution in [2.24, 2.45) is 0 Å². The van der Waals surface area contributed by atoms with Crippen LogP contribution in [0.1, 0.15) is 46.0 Å². The summed E-state index contributed by atoms with van der Waals surface area (Å²) in [6.45, 7) is 8.12. The number of hydrogen-bond donors (Lipinski definition) is 1. The molecule has 126 valence electrons. The number of fused-ring (bicyclic) bond motifs is 2. The van der Waals surface area contributed by atoms with Crippen LogP contribution in [0, 0.1) is 0 Å². The molecule has 0 aromatic carbocycles. The Balaban J connectivity index is 1.46. The Kier molecular flexibility index (Phi) is 4.93. The Hall–Kier alpha value is -0.810. The number of urea groups is 1. The van der Waals surface area contributed by atoms with Crippen molar-refractivity contribution in [1.29, 1.82) is 0 Å². The van der Waals surface area contributed by atoms with Crippen molar-refractivity contribution < 1.29 is 4.79 Å². The monoisotopic (exact) mass is 308 g/mol.